The van der Waals surface area contributed by atoms with Gasteiger partial charge in [-0.25, -0.2) is 0 Å². The largest absolute Gasteiger partial charge is 0.299 e. The van der Waals surface area contributed by atoms with Gasteiger partial charge in [-0.1, -0.05) is 30.3 Å². The topological polar surface area (TPSA) is 37.8 Å². The fourth-order valence-electron chi connectivity index (χ4n) is 1.82. The summed E-state index contributed by atoms with van der Waals surface area (Å²) in [5, 5.41) is 3.06. The highest BCUT2D eigenvalue weighted by molar-refractivity contribution is 9.10. The SMILES string of the molecule is Cc1[nH]n(CCCc2ccccc2)c(=O)c1Br. The van der Waals surface area contributed by atoms with Crippen LogP contribution in [-0.2, 0) is 13.0 Å². The molecule has 0 atom stereocenters. The molecule has 3 nitrogen and oxygen atoms in total. The highest BCUT2D eigenvalue weighted by atomic mass is 79.9. The van der Waals surface area contributed by atoms with Gasteiger partial charge < -0.3 is 0 Å². The molecule has 90 valence electrons. The van der Waals surface area contributed by atoms with Crippen LogP contribution in [0.15, 0.2) is 39.6 Å². The quantitative estimate of drug-likeness (QED) is 0.925. The van der Waals surface area contributed by atoms with Gasteiger partial charge in [0, 0.05) is 12.2 Å². The Balaban J connectivity index is 1.95. The molecule has 1 N–H and O–H groups in total. The number of hydrogen-bond acceptors (Lipinski definition) is 1. The van der Waals surface area contributed by atoms with Gasteiger partial charge in [0.2, 0.25) is 0 Å². The van der Waals surface area contributed by atoms with Gasteiger partial charge in [0.05, 0.1) is 0 Å². The van der Waals surface area contributed by atoms with E-state index in [4.69, 9.17) is 0 Å². The molecule has 0 bridgehead atoms. The molecule has 2 rings (SSSR count). The highest BCUT2D eigenvalue weighted by Gasteiger charge is 2.06. The van der Waals surface area contributed by atoms with Gasteiger partial charge >= 0.3 is 0 Å². The van der Waals surface area contributed by atoms with Crippen molar-refractivity contribution in [2.75, 3.05) is 0 Å². The van der Waals surface area contributed by atoms with Crippen LogP contribution in [0.25, 0.3) is 0 Å². The van der Waals surface area contributed by atoms with Crippen molar-refractivity contribution in [2.24, 2.45) is 0 Å². The molecule has 0 aliphatic carbocycles. The zero-order valence-electron chi connectivity index (χ0n) is 9.74. The number of rotatable bonds is 4. The van der Waals surface area contributed by atoms with Crippen LogP contribution in [0, 0.1) is 6.92 Å². The lowest BCUT2D eigenvalue weighted by molar-refractivity contribution is 0.560. The zero-order valence-corrected chi connectivity index (χ0v) is 11.3. The third-order valence-electron chi connectivity index (χ3n) is 2.75. The average Bonchev–Trinajstić information content (AvgIpc) is 2.59. The number of aryl methyl sites for hydroxylation is 3. The lowest BCUT2D eigenvalue weighted by atomic mass is 10.1. The van der Waals surface area contributed by atoms with Crippen molar-refractivity contribution >= 4 is 15.9 Å². The first-order valence-electron chi connectivity index (χ1n) is 5.67. The van der Waals surface area contributed by atoms with Crippen molar-refractivity contribution < 1.29 is 0 Å². The molecular formula is C13H15BrN2O. The molecular weight excluding hydrogens is 280 g/mol. The Hall–Kier alpha value is -1.29. The minimum absolute atomic E-state index is 0.0237. The summed E-state index contributed by atoms with van der Waals surface area (Å²) in [5.41, 5.74) is 2.22. The minimum atomic E-state index is 0.0237. The standard InChI is InChI=1S/C13H15BrN2O/c1-10-12(14)13(17)16(15-10)9-5-8-11-6-3-2-4-7-11/h2-4,6-7,15H,5,8-9H2,1H3. The summed E-state index contributed by atoms with van der Waals surface area (Å²) in [4.78, 5) is 11.7. The number of hydrogen-bond donors (Lipinski definition) is 1. The minimum Gasteiger partial charge on any atom is -0.299 e. The predicted octanol–water partition coefficient (Wildman–Crippen LogP) is 2.88. The van der Waals surface area contributed by atoms with Crippen molar-refractivity contribution in [2.45, 2.75) is 26.3 Å². The van der Waals surface area contributed by atoms with Crippen molar-refractivity contribution in [1.82, 2.24) is 9.78 Å². The molecule has 2 aromatic rings. The summed E-state index contributed by atoms with van der Waals surface area (Å²) < 4.78 is 2.29. The van der Waals surface area contributed by atoms with E-state index < -0.39 is 0 Å². The van der Waals surface area contributed by atoms with Crippen LogP contribution in [0.3, 0.4) is 0 Å². The van der Waals surface area contributed by atoms with Gasteiger partial charge in [0.1, 0.15) is 4.47 Å². The van der Waals surface area contributed by atoms with Crippen molar-refractivity contribution in [3.8, 4) is 0 Å². The highest BCUT2D eigenvalue weighted by Crippen LogP contribution is 2.08. The van der Waals surface area contributed by atoms with E-state index in [2.05, 4.69) is 33.2 Å². The first-order valence-corrected chi connectivity index (χ1v) is 6.46. The van der Waals surface area contributed by atoms with Crippen LogP contribution in [0.5, 0.6) is 0 Å². The van der Waals surface area contributed by atoms with Crippen molar-refractivity contribution in [3.63, 3.8) is 0 Å². The Labute approximate surface area is 109 Å². The van der Waals surface area contributed by atoms with E-state index in [-0.39, 0.29) is 5.56 Å². The van der Waals surface area contributed by atoms with Crippen LogP contribution in [-0.4, -0.2) is 9.78 Å². The third kappa shape index (κ3) is 2.88. The second-order valence-electron chi connectivity index (χ2n) is 4.10. The molecule has 0 unspecified atom stereocenters. The molecule has 0 amide bonds. The Morgan fingerprint density at radius 2 is 2.00 bits per heavy atom. The number of H-pyrrole nitrogens is 1. The van der Waals surface area contributed by atoms with Gasteiger partial charge in [-0.05, 0) is 41.3 Å². The van der Waals surface area contributed by atoms with Crippen LogP contribution < -0.4 is 5.56 Å². The third-order valence-corrected chi connectivity index (χ3v) is 3.69. The van der Waals surface area contributed by atoms with Gasteiger partial charge in [0.25, 0.3) is 5.56 Å². The predicted molar refractivity (Wildman–Crippen MR) is 72.3 cm³/mol. The molecule has 0 saturated heterocycles. The number of aromatic nitrogens is 2. The molecule has 1 aromatic carbocycles. The molecule has 4 heteroatoms. The molecule has 17 heavy (non-hydrogen) atoms. The Morgan fingerprint density at radius 1 is 1.29 bits per heavy atom. The molecule has 0 saturated carbocycles. The second-order valence-corrected chi connectivity index (χ2v) is 4.89. The molecule has 0 aliphatic rings. The lowest BCUT2D eigenvalue weighted by Gasteiger charge is -2.02. The first kappa shape index (κ1) is 12.2. The molecule has 0 spiro atoms. The van der Waals surface area contributed by atoms with Crippen molar-refractivity contribution in [3.05, 3.63) is 56.4 Å². The van der Waals surface area contributed by atoms with E-state index in [9.17, 15) is 4.79 Å². The van der Waals surface area contributed by atoms with Gasteiger partial charge in [-0.3, -0.25) is 14.6 Å². The maximum Gasteiger partial charge on any atom is 0.281 e. The molecule has 0 fully saturated rings. The molecule has 1 aromatic heterocycles. The Bertz CT molecular complexity index is 542. The summed E-state index contributed by atoms with van der Waals surface area (Å²) >= 11 is 3.27. The monoisotopic (exact) mass is 294 g/mol. The summed E-state index contributed by atoms with van der Waals surface area (Å²) in [5.74, 6) is 0. The van der Waals surface area contributed by atoms with Gasteiger partial charge in [-0.15, -0.1) is 0 Å². The summed E-state index contributed by atoms with van der Waals surface area (Å²) in [6.45, 7) is 2.61. The van der Waals surface area contributed by atoms with Crippen LogP contribution in [0.1, 0.15) is 17.7 Å². The van der Waals surface area contributed by atoms with Gasteiger partial charge in [-0.2, -0.15) is 0 Å². The van der Waals surface area contributed by atoms with E-state index in [0.717, 1.165) is 25.1 Å². The van der Waals surface area contributed by atoms with E-state index in [1.807, 2.05) is 25.1 Å². The summed E-state index contributed by atoms with van der Waals surface area (Å²) in [6, 6.07) is 10.3. The second kappa shape index (κ2) is 5.36. The normalized spacial score (nSPS) is 10.7. The van der Waals surface area contributed by atoms with E-state index >= 15 is 0 Å². The summed E-state index contributed by atoms with van der Waals surface area (Å²) in [7, 11) is 0. The van der Waals surface area contributed by atoms with Crippen LogP contribution in [0.2, 0.25) is 0 Å². The number of benzene rings is 1. The van der Waals surface area contributed by atoms with E-state index in [1.54, 1.807) is 4.68 Å². The molecule has 0 aliphatic heterocycles. The number of halogens is 1. The van der Waals surface area contributed by atoms with Crippen molar-refractivity contribution in [1.29, 1.82) is 0 Å². The summed E-state index contributed by atoms with van der Waals surface area (Å²) in [6.07, 6.45) is 1.94. The smallest absolute Gasteiger partial charge is 0.281 e. The van der Waals surface area contributed by atoms with Gasteiger partial charge in [0.15, 0.2) is 0 Å². The Kier molecular flexibility index (Phi) is 3.84. The Morgan fingerprint density at radius 3 is 2.59 bits per heavy atom. The number of nitrogens with zero attached hydrogens (tertiary/aromatic N) is 1. The first-order chi connectivity index (χ1) is 8.18. The average molecular weight is 295 g/mol. The number of aromatic amines is 1. The van der Waals surface area contributed by atoms with E-state index in [0.29, 0.717) is 4.47 Å². The molecule has 1 heterocycles. The fraction of sp³-hybridized carbons (Fsp3) is 0.308. The van der Waals surface area contributed by atoms with Crippen LogP contribution >= 0.6 is 15.9 Å². The lowest BCUT2D eigenvalue weighted by Crippen LogP contribution is -2.17. The molecule has 0 radical (unpaired) electrons. The fourth-order valence-corrected chi connectivity index (χ4v) is 2.13. The zero-order chi connectivity index (χ0) is 12.3. The maximum absolute atomic E-state index is 11.7. The van der Waals surface area contributed by atoms with E-state index in [1.165, 1.54) is 5.56 Å². The number of nitrogens with one attached hydrogen (secondary N) is 1. The van der Waals surface area contributed by atoms with Crippen LogP contribution in [0.4, 0.5) is 0 Å². The maximum atomic E-state index is 11.7.